The van der Waals surface area contributed by atoms with Gasteiger partial charge in [-0.3, -0.25) is 10.1 Å². The first-order chi connectivity index (χ1) is 8.63. The number of benzene rings is 1. The number of ether oxygens (including phenoxy) is 1. The number of hydrogen-bond donors (Lipinski definition) is 2. The highest BCUT2D eigenvalue weighted by Gasteiger charge is 2.04. The minimum absolute atomic E-state index is 0.0714. The lowest BCUT2D eigenvalue weighted by molar-refractivity contribution is -0.384. The van der Waals surface area contributed by atoms with Crippen LogP contribution >= 0.6 is 12.6 Å². The minimum atomic E-state index is -0.428. The van der Waals surface area contributed by atoms with Crippen LogP contribution in [0.15, 0.2) is 24.3 Å². The molecule has 0 fully saturated rings. The molecule has 6 heteroatoms. The summed E-state index contributed by atoms with van der Waals surface area (Å²) in [6.45, 7) is 0.594. The second-order valence-electron chi connectivity index (χ2n) is 4.04. The SMILES string of the molecule is NC(CS)CCCCOc1ccc([N+](=O)[O-])cc1. The fraction of sp³-hybridized carbons (Fsp3) is 0.500. The molecule has 0 aliphatic rings. The third kappa shape index (κ3) is 5.37. The molecule has 0 bridgehead atoms. The van der Waals surface area contributed by atoms with E-state index in [4.69, 9.17) is 10.5 Å². The van der Waals surface area contributed by atoms with Crippen LogP contribution in [0.25, 0.3) is 0 Å². The molecule has 1 atom stereocenters. The number of nitrogens with two attached hydrogens (primary N) is 1. The maximum atomic E-state index is 10.5. The van der Waals surface area contributed by atoms with Crippen molar-refractivity contribution in [3.63, 3.8) is 0 Å². The predicted octanol–water partition coefficient (Wildman–Crippen LogP) is 2.40. The van der Waals surface area contributed by atoms with Gasteiger partial charge >= 0.3 is 0 Å². The summed E-state index contributed by atoms with van der Waals surface area (Å²) in [6.07, 6.45) is 2.85. The number of thiol groups is 1. The minimum Gasteiger partial charge on any atom is -0.494 e. The third-order valence-corrected chi connectivity index (χ3v) is 2.99. The number of unbranched alkanes of at least 4 members (excludes halogenated alkanes) is 1. The molecule has 0 saturated heterocycles. The number of rotatable bonds is 8. The summed E-state index contributed by atoms with van der Waals surface area (Å²) >= 11 is 4.11. The summed E-state index contributed by atoms with van der Waals surface area (Å²) in [7, 11) is 0. The van der Waals surface area contributed by atoms with E-state index in [9.17, 15) is 10.1 Å². The van der Waals surface area contributed by atoms with Gasteiger partial charge < -0.3 is 10.5 Å². The Kier molecular flexibility index (Phi) is 6.53. The maximum Gasteiger partial charge on any atom is 0.269 e. The lowest BCUT2D eigenvalue weighted by Gasteiger charge is -2.08. The van der Waals surface area contributed by atoms with Crippen LogP contribution in [0.5, 0.6) is 5.75 Å². The zero-order valence-electron chi connectivity index (χ0n) is 10.1. The molecule has 0 saturated carbocycles. The van der Waals surface area contributed by atoms with E-state index in [-0.39, 0.29) is 11.7 Å². The van der Waals surface area contributed by atoms with Crippen LogP contribution in [0.3, 0.4) is 0 Å². The van der Waals surface area contributed by atoms with Gasteiger partial charge in [0.15, 0.2) is 0 Å². The Morgan fingerprint density at radius 3 is 2.56 bits per heavy atom. The molecule has 1 rings (SSSR count). The van der Waals surface area contributed by atoms with Gasteiger partial charge in [-0.2, -0.15) is 12.6 Å². The summed E-state index contributed by atoms with van der Waals surface area (Å²) in [5.74, 6) is 1.35. The molecule has 2 N–H and O–H groups in total. The van der Waals surface area contributed by atoms with Gasteiger partial charge in [-0.05, 0) is 31.4 Å². The van der Waals surface area contributed by atoms with Crippen LogP contribution in [0.4, 0.5) is 5.69 Å². The van der Waals surface area contributed by atoms with E-state index in [0.717, 1.165) is 19.3 Å². The molecule has 0 aliphatic carbocycles. The zero-order chi connectivity index (χ0) is 13.4. The second-order valence-corrected chi connectivity index (χ2v) is 4.40. The Hall–Kier alpha value is -1.27. The summed E-state index contributed by atoms with van der Waals surface area (Å²) in [5.41, 5.74) is 5.80. The fourth-order valence-corrected chi connectivity index (χ4v) is 1.64. The molecule has 18 heavy (non-hydrogen) atoms. The Balaban J connectivity index is 2.21. The first-order valence-corrected chi connectivity index (χ1v) is 6.50. The van der Waals surface area contributed by atoms with Crippen LogP contribution in [0, 0.1) is 10.1 Å². The summed E-state index contributed by atoms with van der Waals surface area (Å²) < 4.78 is 5.47. The number of nitro groups is 1. The molecular formula is C12H18N2O3S. The van der Waals surface area contributed by atoms with Crippen LogP contribution < -0.4 is 10.5 Å². The molecular weight excluding hydrogens is 252 g/mol. The largest absolute Gasteiger partial charge is 0.494 e. The van der Waals surface area contributed by atoms with E-state index in [1.54, 1.807) is 12.1 Å². The normalized spacial score (nSPS) is 12.1. The monoisotopic (exact) mass is 270 g/mol. The van der Waals surface area contributed by atoms with E-state index in [1.165, 1.54) is 12.1 Å². The van der Waals surface area contributed by atoms with Crippen LogP contribution in [0.2, 0.25) is 0 Å². The van der Waals surface area contributed by atoms with Crippen LogP contribution in [0.1, 0.15) is 19.3 Å². The molecule has 1 aromatic rings. The fourth-order valence-electron chi connectivity index (χ4n) is 1.45. The van der Waals surface area contributed by atoms with Gasteiger partial charge in [0.05, 0.1) is 11.5 Å². The molecule has 0 heterocycles. The van der Waals surface area contributed by atoms with Crippen molar-refractivity contribution in [2.45, 2.75) is 25.3 Å². The van der Waals surface area contributed by atoms with Crippen molar-refractivity contribution >= 4 is 18.3 Å². The van der Waals surface area contributed by atoms with Crippen molar-refractivity contribution in [3.8, 4) is 5.75 Å². The number of hydrogen-bond acceptors (Lipinski definition) is 5. The Labute approximate surface area is 112 Å². The molecule has 0 amide bonds. The zero-order valence-corrected chi connectivity index (χ0v) is 11.0. The average Bonchev–Trinajstić information content (AvgIpc) is 2.38. The van der Waals surface area contributed by atoms with E-state index in [0.29, 0.717) is 18.1 Å². The molecule has 0 spiro atoms. The lowest BCUT2D eigenvalue weighted by atomic mass is 10.1. The molecule has 0 aromatic heterocycles. The maximum absolute atomic E-state index is 10.5. The summed E-state index contributed by atoms with van der Waals surface area (Å²) in [5, 5.41) is 10.5. The van der Waals surface area contributed by atoms with Crippen LogP contribution in [-0.4, -0.2) is 23.3 Å². The van der Waals surface area contributed by atoms with Crippen molar-refractivity contribution in [3.05, 3.63) is 34.4 Å². The molecule has 0 aliphatic heterocycles. The van der Waals surface area contributed by atoms with E-state index >= 15 is 0 Å². The van der Waals surface area contributed by atoms with Gasteiger partial charge in [-0.25, -0.2) is 0 Å². The average molecular weight is 270 g/mol. The number of nitro benzene ring substituents is 1. The van der Waals surface area contributed by atoms with Crippen molar-refractivity contribution < 1.29 is 9.66 Å². The molecule has 100 valence electrons. The van der Waals surface area contributed by atoms with E-state index in [2.05, 4.69) is 12.6 Å². The highest BCUT2D eigenvalue weighted by Crippen LogP contribution is 2.17. The van der Waals surface area contributed by atoms with Gasteiger partial charge in [-0.15, -0.1) is 0 Å². The Bertz CT molecular complexity index is 370. The standard InChI is InChI=1S/C12H18N2O3S/c13-10(9-18)3-1-2-8-17-12-6-4-11(5-7-12)14(15)16/h4-7,10,18H,1-3,8-9,13H2. The summed E-state index contributed by atoms with van der Waals surface area (Å²) in [4.78, 5) is 10.0. The predicted molar refractivity (Wildman–Crippen MR) is 74.3 cm³/mol. The first kappa shape index (κ1) is 14.8. The van der Waals surface area contributed by atoms with Gasteiger partial charge in [0.25, 0.3) is 5.69 Å². The number of non-ortho nitro benzene ring substituents is 1. The molecule has 0 radical (unpaired) electrons. The van der Waals surface area contributed by atoms with Gasteiger partial charge in [0.1, 0.15) is 5.75 Å². The van der Waals surface area contributed by atoms with Gasteiger partial charge in [0, 0.05) is 23.9 Å². The van der Waals surface area contributed by atoms with Gasteiger partial charge in [-0.1, -0.05) is 0 Å². The van der Waals surface area contributed by atoms with E-state index in [1.807, 2.05) is 0 Å². The molecule has 5 nitrogen and oxygen atoms in total. The quantitative estimate of drug-likeness (QED) is 0.329. The van der Waals surface area contributed by atoms with Crippen molar-refractivity contribution in [1.29, 1.82) is 0 Å². The highest BCUT2D eigenvalue weighted by atomic mass is 32.1. The van der Waals surface area contributed by atoms with Gasteiger partial charge in [0.2, 0.25) is 0 Å². The topological polar surface area (TPSA) is 78.4 Å². The summed E-state index contributed by atoms with van der Waals surface area (Å²) in [6, 6.07) is 6.24. The Morgan fingerprint density at radius 1 is 1.33 bits per heavy atom. The van der Waals surface area contributed by atoms with Crippen molar-refractivity contribution in [1.82, 2.24) is 0 Å². The second kappa shape index (κ2) is 7.94. The van der Waals surface area contributed by atoms with E-state index < -0.39 is 4.92 Å². The Morgan fingerprint density at radius 2 is 2.00 bits per heavy atom. The number of nitrogens with zero attached hydrogens (tertiary/aromatic N) is 1. The smallest absolute Gasteiger partial charge is 0.269 e. The lowest BCUT2D eigenvalue weighted by Crippen LogP contribution is -2.21. The highest BCUT2D eigenvalue weighted by molar-refractivity contribution is 7.80. The van der Waals surface area contributed by atoms with Crippen LogP contribution in [-0.2, 0) is 0 Å². The molecule has 1 unspecified atom stereocenters. The van der Waals surface area contributed by atoms with Crippen molar-refractivity contribution in [2.24, 2.45) is 5.73 Å². The third-order valence-electron chi connectivity index (χ3n) is 2.52. The molecule has 1 aromatic carbocycles. The first-order valence-electron chi connectivity index (χ1n) is 5.87. The van der Waals surface area contributed by atoms with Crippen molar-refractivity contribution in [2.75, 3.05) is 12.4 Å².